The molecule has 1 saturated carbocycles. The second-order valence-corrected chi connectivity index (χ2v) is 9.04. The first kappa shape index (κ1) is 20.9. The van der Waals surface area contributed by atoms with Crippen LogP contribution in [0.3, 0.4) is 0 Å². The molecule has 2 heterocycles. The van der Waals surface area contributed by atoms with E-state index < -0.39 is 5.72 Å². The van der Waals surface area contributed by atoms with Crippen LogP contribution in [-0.2, 0) is 17.0 Å². The molecule has 1 aliphatic heterocycles. The summed E-state index contributed by atoms with van der Waals surface area (Å²) in [5.41, 5.74) is 1.48. The number of nitrogens with zero attached hydrogens (tertiary/aromatic N) is 2. The Bertz CT molecular complexity index is 1150. The van der Waals surface area contributed by atoms with Crippen LogP contribution >= 0.6 is 11.6 Å². The molecule has 2 aromatic carbocycles. The van der Waals surface area contributed by atoms with Crippen molar-refractivity contribution in [3.8, 4) is 0 Å². The highest BCUT2D eigenvalue weighted by molar-refractivity contribution is 6.30. The quantitative estimate of drug-likeness (QED) is 0.440. The van der Waals surface area contributed by atoms with Gasteiger partial charge in [-0.05, 0) is 36.6 Å². The monoisotopic (exact) mass is 450 g/mol. The summed E-state index contributed by atoms with van der Waals surface area (Å²) >= 11 is 6.17. The van der Waals surface area contributed by atoms with Crippen LogP contribution in [0.5, 0.6) is 0 Å². The smallest absolute Gasteiger partial charge is 0.257 e. The Labute approximate surface area is 191 Å². The largest absolute Gasteiger partial charge is 0.619 e. The zero-order valence-electron chi connectivity index (χ0n) is 17.4. The lowest BCUT2D eigenvalue weighted by atomic mass is 9.93. The van der Waals surface area contributed by atoms with Crippen LogP contribution in [0.1, 0.15) is 39.9 Å². The lowest BCUT2D eigenvalue weighted by Gasteiger charge is -2.40. The number of pyridine rings is 1. The number of carbonyl (C=O) groups excluding carboxylic acids is 1. The molecule has 0 radical (unpaired) electrons. The molecule has 1 aliphatic carbocycles. The number of aliphatic hydroxyl groups is 1. The number of hydrogen-bond acceptors (Lipinski definition) is 4. The van der Waals surface area contributed by atoms with E-state index in [9.17, 15) is 15.1 Å². The van der Waals surface area contributed by atoms with Gasteiger partial charge in [-0.2, -0.15) is 4.73 Å². The molecule has 1 fully saturated rings. The van der Waals surface area contributed by atoms with Gasteiger partial charge < -0.3 is 15.1 Å². The van der Waals surface area contributed by atoms with E-state index in [-0.39, 0.29) is 24.5 Å². The number of fused-ring (bicyclic) bond motifs is 1. The molecule has 0 bridgehead atoms. The van der Waals surface area contributed by atoms with Gasteiger partial charge in [0.1, 0.15) is 0 Å². The maximum atomic E-state index is 13.6. The maximum absolute atomic E-state index is 13.6. The summed E-state index contributed by atoms with van der Waals surface area (Å²) in [6.07, 6.45) is 4.60. The van der Waals surface area contributed by atoms with Crippen LogP contribution in [0, 0.1) is 10.6 Å². The van der Waals surface area contributed by atoms with E-state index in [1.165, 1.54) is 12.4 Å². The Morgan fingerprint density at radius 3 is 2.41 bits per heavy atom. The normalized spacial score (nSPS) is 20.9. The summed E-state index contributed by atoms with van der Waals surface area (Å²) in [7, 11) is 0. The summed E-state index contributed by atoms with van der Waals surface area (Å²) in [6, 6.07) is 18.2. The molecule has 1 amide bonds. The predicted molar refractivity (Wildman–Crippen MR) is 119 cm³/mol. The number of halogens is 1. The number of carbonyl (C=O) groups is 1. The van der Waals surface area contributed by atoms with Crippen LogP contribution in [0.2, 0.25) is 5.02 Å². The predicted octanol–water partition coefficient (Wildman–Crippen LogP) is 3.62. The summed E-state index contributed by atoms with van der Waals surface area (Å²) < 4.78 is 7.39. The van der Waals surface area contributed by atoms with Gasteiger partial charge in [-0.1, -0.05) is 41.9 Å². The van der Waals surface area contributed by atoms with E-state index in [0.717, 1.165) is 29.5 Å². The number of ether oxygens (including phenoxy) is 1. The Morgan fingerprint density at radius 2 is 1.75 bits per heavy atom. The fourth-order valence-corrected chi connectivity index (χ4v) is 4.45. The van der Waals surface area contributed by atoms with Crippen molar-refractivity contribution >= 4 is 17.5 Å². The summed E-state index contributed by atoms with van der Waals surface area (Å²) in [5.74, 6) is -0.150. The minimum atomic E-state index is -1.17. The average molecular weight is 451 g/mol. The number of benzene rings is 2. The molecule has 1 unspecified atom stereocenters. The van der Waals surface area contributed by atoms with E-state index in [0.29, 0.717) is 21.9 Å². The zero-order valence-corrected chi connectivity index (χ0v) is 18.2. The molecule has 3 aromatic rings. The Morgan fingerprint density at radius 1 is 1.06 bits per heavy atom. The van der Waals surface area contributed by atoms with E-state index in [1.54, 1.807) is 35.2 Å². The van der Waals surface area contributed by atoms with Gasteiger partial charge in [0.05, 0.1) is 13.2 Å². The average Bonchev–Trinajstić information content (AvgIpc) is 3.56. The molecule has 0 spiro atoms. The topological polar surface area (TPSA) is 76.7 Å². The molecule has 2 aliphatic rings. The Hall–Kier alpha value is -2.93. The number of aromatic nitrogens is 1. The van der Waals surface area contributed by atoms with Gasteiger partial charge in [0.15, 0.2) is 18.1 Å². The molecule has 1 N–H and O–H groups in total. The van der Waals surface area contributed by atoms with Crippen LogP contribution in [0.4, 0.5) is 0 Å². The summed E-state index contributed by atoms with van der Waals surface area (Å²) in [4.78, 5) is 15.3. The van der Waals surface area contributed by atoms with Crippen LogP contribution in [0.15, 0.2) is 73.1 Å². The van der Waals surface area contributed by atoms with Gasteiger partial charge in [0, 0.05) is 45.8 Å². The van der Waals surface area contributed by atoms with Crippen molar-refractivity contribution < 1.29 is 19.4 Å². The van der Waals surface area contributed by atoms with Gasteiger partial charge in [0.25, 0.3) is 5.91 Å². The van der Waals surface area contributed by atoms with Crippen molar-refractivity contribution in [1.82, 2.24) is 4.90 Å². The van der Waals surface area contributed by atoms with E-state index in [1.807, 2.05) is 30.3 Å². The molecule has 1 atom stereocenters. The number of aliphatic hydroxyl groups excluding tert-OH is 1. The standard InChI is InChI=1S/C25H23ClN2O4/c26-20-7-5-19(6-8-20)25(32-17-24(16-29)11-12-24)22-4-2-1-3-21(22)23(30)28(25)15-18-9-13-27(31)14-10-18/h1-10,13-14,29H,11-12,15-17H2. The second-order valence-electron chi connectivity index (χ2n) is 8.60. The number of hydrogen-bond donors (Lipinski definition) is 1. The minimum absolute atomic E-state index is 0.0431. The highest BCUT2D eigenvalue weighted by atomic mass is 35.5. The van der Waals surface area contributed by atoms with Gasteiger partial charge in [-0.15, -0.1) is 0 Å². The fourth-order valence-electron chi connectivity index (χ4n) is 4.32. The van der Waals surface area contributed by atoms with Gasteiger partial charge in [0.2, 0.25) is 0 Å². The van der Waals surface area contributed by atoms with Crippen molar-refractivity contribution in [2.45, 2.75) is 25.1 Å². The number of rotatable bonds is 7. The Balaban J connectivity index is 1.65. The third kappa shape index (κ3) is 3.45. The third-order valence-electron chi connectivity index (χ3n) is 6.47. The first-order chi connectivity index (χ1) is 15.5. The van der Waals surface area contributed by atoms with Crippen molar-refractivity contribution in [2.24, 2.45) is 5.41 Å². The first-order valence-corrected chi connectivity index (χ1v) is 11.0. The molecular weight excluding hydrogens is 428 g/mol. The molecule has 5 rings (SSSR count). The molecule has 1 aromatic heterocycles. The lowest BCUT2D eigenvalue weighted by molar-refractivity contribution is -0.605. The van der Waals surface area contributed by atoms with Crippen LogP contribution in [0.25, 0.3) is 0 Å². The van der Waals surface area contributed by atoms with Crippen LogP contribution in [-0.4, -0.2) is 29.1 Å². The molecule has 7 heteroatoms. The SMILES string of the molecule is O=C1c2ccccc2C(OCC2(CO)CC2)(c2ccc(Cl)cc2)N1Cc1cc[n+]([O-])cc1. The van der Waals surface area contributed by atoms with E-state index in [4.69, 9.17) is 16.3 Å². The summed E-state index contributed by atoms with van der Waals surface area (Å²) in [6.45, 7) is 0.615. The molecule has 164 valence electrons. The van der Waals surface area contributed by atoms with Crippen molar-refractivity contribution in [1.29, 1.82) is 0 Å². The zero-order chi connectivity index (χ0) is 22.3. The van der Waals surface area contributed by atoms with Crippen LogP contribution < -0.4 is 4.73 Å². The minimum Gasteiger partial charge on any atom is -0.619 e. The van der Waals surface area contributed by atoms with Crippen molar-refractivity contribution in [2.75, 3.05) is 13.2 Å². The lowest BCUT2D eigenvalue weighted by Crippen LogP contribution is -2.47. The van der Waals surface area contributed by atoms with Gasteiger partial charge in [-0.3, -0.25) is 9.69 Å². The van der Waals surface area contributed by atoms with E-state index >= 15 is 0 Å². The first-order valence-electron chi connectivity index (χ1n) is 10.6. The molecule has 6 nitrogen and oxygen atoms in total. The molecule has 32 heavy (non-hydrogen) atoms. The Kier molecular flexibility index (Phi) is 5.16. The second kappa shape index (κ2) is 7.89. The van der Waals surface area contributed by atoms with Gasteiger partial charge in [-0.25, -0.2) is 0 Å². The van der Waals surface area contributed by atoms with Crippen molar-refractivity contribution in [3.05, 3.63) is 106 Å². The fraction of sp³-hybridized carbons (Fsp3) is 0.280. The number of amides is 1. The van der Waals surface area contributed by atoms with Gasteiger partial charge >= 0.3 is 0 Å². The third-order valence-corrected chi connectivity index (χ3v) is 6.73. The maximum Gasteiger partial charge on any atom is 0.257 e. The highest BCUT2D eigenvalue weighted by Gasteiger charge is 2.54. The summed E-state index contributed by atoms with van der Waals surface area (Å²) in [5, 5.41) is 22.0. The molecule has 0 saturated heterocycles. The van der Waals surface area contributed by atoms with Crippen molar-refractivity contribution in [3.63, 3.8) is 0 Å². The van der Waals surface area contributed by atoms with E-state index in [2.05, 4.69) is 0 Å². The highest BCUT2D eigenvalue weighted by Crippen LogP contribution is 2.51. The molecular formula is C25H23ClN2O4.